The fourth-order valence-corrected chi connectivity index (χ4v) is 2.21. The summed E-state index contributed by atoms with van der Waals surface area (Å²) >= 11 is 6.09. The quantitative estimate of drug-likeness (QED) is 0.843. The van der Waals surface area contributed by atoms with E-state index < -0.39 is 0 Å². The molecule has 1 aliphatic rings. The molecule has 0 aromatic carbocycles. The zero-order valence-electron chi connectivity index (χ0n) is 9.72. The van der Waals surface area contributed by atoms with Crippen LogP contribution in [0.2, 0.25) is 5.28 Å². The van der Waals surface area contributed by atoms with Crippen LogP contribution in [0.4, 0.5) is 0 Å². The molecule has 3 rings (SSSR count). The first-order valence-corrected chi connectivity index (χ1v) is 6.07. The van der Waals surface area contributed by atoms with Gasteiger partial charge in [-0.05, 0) is 38.3 Å². The molecule has 1 saturated carbocycles. The van der Waals surface area contributed by atoms with E-state index in [1.54, 1.807) is 6.20 Å². The molecule has 0 bridgehead atoms. The lowest BCUT2D eigenvalue weighted by Gasteiger charge is -2.12. The van der Waals surface area contributed by atoms with E-state index in [0.717, 1.165) is 24.4 Å². The van der Waals surface area contributed by atoms with Crippen LogP contribution in [0.3, 0.4) is 0 Å². The molecule has 0 radical (unpaired) electrons. The molecule has 5 nitrogen and oxygen atoms in total. The number of hydrogen-bond acceptors (Lipinski definition) is 4. The number of halogens is 1. The van der Waals surface area contributed by atoms with E-state index in [1.165, 1.54) is 0 Å². The van der Waals surface area contributed by atoms with Crippen LogP contribution in [0.25, 0.3) is 0 Å². The van der Waals surface area contributed by atoms with Gasteiger partial charge in [-0.2, -0.15) is 0 Å². The van der Waals surface area contributed by atoms with E-state index in [-0.39, 0.29) is 6.04 Å². The fraction of sp³-hybridized carbons (Fsp3) is 0.545. The van der Waals surface area contributed by atoms with Crippen molar-refractivity contribution in [3.63, 3.8) is 0 Å². The van der Waals surface area contributed by atoms with E-state index in [0.29, 0.717) is 17.1 Å². The third-order valence-electron chi connectivity index (χ3n) is 3.01. The summed E-state index contributed by atoms with van der Waals surface area (Å²) in [5.74, 6) is 2.88. The van der Waals surface area contributed by atoms with E-state index >= 15 is 0 Å². The van der Waals surface area contributed by atoms with Gasteiger partial charge in [0.15, 0.2) is 0 Å². The van der Waals surface area contributed by atoms with Crippen molar-refractivity contribution in [1.29, 1.82) is 0 Å². The lowest BCUT2D eigenvalue weighted by atomic mass is 10.3. The van der Waals surface area contributed by atoms with Gasteiger partial charge in [0.2, 0.25) is 11.2 Å². The minimum Gasteiger partial charge on any atom is -0.444 e. The van der Waals surface area contributed by atoms with Gasteiger partial charge >= 0.3 is 0 Å². The highest BCUT2D eigenvalue weighted by molar-refractivity contribution is 6.28. The molecule has 0 saturated heterocycles. The maximum atomic E-state index is 6.09. The van der Waals surface area contributed by atoms with Crippen molar-refractivity contribution in [1.82, 2.24) is 19.7 Å². The highest BCUT2D eigenvalue weighted by atomic mass is 35.5. The molecule has 0 aliphatic heterocycles. The van der Waals surface area contributed by atoms with Gasteiger partial charge in [0.1, 0.15) is 17.6 Å². The van der Waals surface area contributed by atoms with Gasteiger partial charge in [-0.25, -0.2) is 4.98 Å². The topological polar surface area (TPSA) is 56.7 Å². The number of oxazole rings is 1. The Labute approximate surface area is 104 Å². The van der Waals surface area contributed by atoms with Crippen LogP contribution in [0.1, 0.15) is 49.2 Å². The summed E-state index contributed by atoms with van der Waals surface area (Å²) in [6.45, 7) is 3.87. The molecule has 1 fully saturated rings. The molecule has 1 aliphatic carbocycles. The third kappa shape index (κ3) is 1.84. The molecule has 0 amide bonds. The van der Waals surface area contributed by atoms with Crippen LogP contribution >= 0.6 is 11.6 Å². The average Bonchev–Trinajstić information content (AvgIpc) is 2.94. The summed E-state index contributed by atoms with van der Waals surface area (Å²) in [6, 6.07) is -0.0678. The second kappa shape index (κ2) is 3.84. The predicted octanol–water partition coefficient (Wildman–Crippen LogP) is 2.71. The Morgan fingerprint density at radius 2 is 2.24 bits per heavy atom. The lowest BCUT2D eigenvalue weighted by molar-refractivity contribution is 0.409. The molecule has 2 aromatic rings. The standard InChI is InChI=1S/C11H13ClN4O/c1-6-5-13-10(17-6)7(2)16-9(8-3-4-8)14-15-11(16)12/h5,7-8H,3-4H2,1-2H3. The Balaban J connectivity index is 2.00. The van der Waals surface area contributed by atoms with Gasteiger partial charge in [0, 0.05) is 5.92 Å². The number of nitrogens with zero attached hydrogens (tertiary/aromatic N) is 4. The Morgan fingerprint density at radius 3 is 2.82 bits per heavy atom. The highest BCUT2D eigenvalue weighted by Gasteiger charge is 2.32. The van der Waals surface area contributed by atoms with E-state index in [9.17, 15) is 0 Å². The van der Waals surface area contributed by atoms with Crippen LogP contribution < -0.4 is 0 Å². The summed E-state index contributed by atoms with van der Waals surface area (Å²) in [5.41, 5.74) is 0. The largest absolute Gasteiger partial charge is 0.444 e. The Morgan fingerprint density at radius 1 is 1.47 bits per heavy atom. The minimum atomic E-state index is -0.0678. The van der Waals surface area contributed by atoms with Gasteiger partial charge in [-0.3, -0.25) is 4.57 Å². The normalized spacial score (nSPS) is 17.4. The predicted molar refractivity (Wildman–Crippen MR) is 62.1 cm³/mol. The number of rotatable bonds is 3. The van der Waals surface area contributed by atoms with Crippen LogP contribution in [-0.4, -0.2) is 19.7 Å². The smallest absolute Gasteiger partial charge is 0.225 e. The zero-order valence-corrected chi connectivity index (χ0v) is 10.5. The summed E-state index contributed by atoms with van der Waals surface area (Å²) in [7, 11) is 0. The lowest BCUT2D eigenvalue weighted by Crippen LogP contribution is -2.10. The van der Waals surface area contributed by atoms with Gasteiger partial charge in [0.25, 0.3) is 0 Å². The van der Waals surface area contributed by atoms with Gasteiger partial charge < -0.3 is 4.42 Å². The number of aromatic nitrogens is 4. The molecular weight excluding hydrogens is 240 g/mol. The Hall–Kier alpha value is -1.36. The second-order valence-electron chi connectivity index (χ2n) is 4.46. The molecule has 17 heavy (non-hydrogen) atoms. The molecule has 0 spiro atoms. The maximum absolute atomic E-state index is 6.09. The molecule has 90 valence electrons. The highest BCUT2D eigenvalue weighted by Crippen LogP contribution is 2.41. The molecule has 1 unspecified atom stereocenters. The van der Waals surface area contributed by atoms with Gasteiger partial charge in [-0.15, -0.1) is 10.2 Å². The van der Waals surface area contributed by atoms with Crippen molar-refractivity contribution in [3.05, 3.63) is 29.0 Å². The van der Waals surface area contributed by atoms with Crippen LogP contribution in [0.15, 0.2) is 10.6 Å². The molecular formula is C11H13ClN4O. The summed E-state index contributed by atoms with van der Waals surface area (Å²) in [6.07, 6.45) is 4.03. The van der Waals surface area contributed by atoms with Crippen molar-refractivity contribution >= 4 is 11.6 Å². The second-order valence-corrected chi connectivity index (χ2v) is 4.79. The zero-order chi connectivity index (χ0) is 12.0. The summed E-state index contributed by atoms with van der Waals surface area (Å²) in [5, 5.41) is 8.48. The van der Waals surface area contributed by atoms with Crippen molar-refractivity contribution in [2.75, 3.05) is 0 Å². The maximum Gasteiger partial charge on any atom is 0.225 e. The molecule has 6 heteroatoms. The van der Waals surface area contributed by atoms with Crippen molar-refractivity contribution in [2.24, 2.45) is 0 Å². The van der Waals surface area contributed by atoms with Gasteiger partial charge in [0.05, 0.1) is 6.20 Å². The Bertz CT molecular complexity index is 543. The van der Waals surface area contributed by atoms with Crippen LogP contribution in [0.5, 0.6) is 0 Å². The first-order chi connectivity index (χ1) is 8.16. The van der Waals surface area contributed by atoms with Crippen molar-refractivity contribution in [3.8, 4) is 0 Å². The molecule has 0 N–H and O–H groups in total. The SMILES string of the molecule is Cc1cnc(C(C)n2c(Cl)nnc2C2CC2)o1. The molecule has 2 aromatic heterocycles. The van der Waals surface area contributed by atoms with E-state index in [4.69, 9.17) is 16.0 Å². The van der Waals surface area contributed by atoms with Crippen molar-refractivity contribution in [2.45, 2.75) is 38.6 Å². The molecule has 2 heterocycles. The first-order valence-electron chi connectivity index (χ1n) is 5.69. The van der Waals surface area contributed by atoms with Crippen molar-refractivity contribution < 1.29 is 4.42 Å². The van der Waals surface area contributed by atoms with Gasteiger partial charge in [-0.1, -0.05) is 0 Å². The Kier molecular flexibility index (Phi) is 2.43. The fourth-order valence-electron chi connectivity index (χ4n) is 1.94. The minimum absolute atomic E-state index is 0.0678. The van der Waals surface area contributed by atoms with E-state index in [2.05, 4.69) is 15.2 Å². The first kappa shape index (κ1) is 10.8. The summed E-state index contributed by atoms with van der Waals surface area (Å²) < 4.78 is 7.44. The van der Waals surface area contributed by atoms with E-state index in [1.807, 2.05) is 18.4 Å². The average molecular weight is 253 g/mol. The molecule has 1 atom stereocenters. The number of hydrogen-bond donors (Lipinski definition) is 0. The summed E-state index contributed by atoms with van der Waals surface area (Å²) in [4.78, 5) is 4.23. The monoisotopic (exact) mass is 252 g/mol. The van der Waals surface area contributed by atoms with Crippen LogP contribution in [-0.2, 0) is 0 Å². The third-order valence-corrected chi connectivity index (χ3v) is 3.26. The van der Waals surface area contributed by atoms with Crippen LogP contribution in [0, 0.1) is 6.92 Å². The number of aryl methyl sites for hydroxylation is 1.